The smallest absolute Gasteiger partial charge is 0.145 e. The van der Waals surface area contributed by atoms with E-state index >= 15 is 0 Å². The van der Waals surface area contributed by atoms with Gasteiger partial charge in [0, 0.05) is 18.1 Å². The van der Waals surface area contributed by atoms with Gasteiger partial charge in [0.1, 0.15) is 23.7 Å². The van der Waals surface area contributed by atoms with Gasteiger partial charge in [-0.3, -0.25) is 0 Å². The van der Waals surface area contributed by atoms with Crippen molar-refractivity contribution < 1.29 is 4.74 Å². The summed E-state index contributed by atoms with van der Waals surface area (Å²) < 4.78 is 5.63. The molecule has 0 spiro atoms. The van der Waals surface area contributed by atoms with Crippen molar-refractivity contribution in [2.45, 2.75) is 12.5 Å². The molecule has 0 fully saturated rings. The van der Waals surface area contributed by atoms with Crippen molar-refractivity contribution >= 4 is 11.6 Å². The molecule has 2 heterocycles. The van der Waals surface area contributed by atoms with Crippen molar-refractivity contribution in [2.75, 3.05) is 17.3 Å². The number of para-hydroxylation sites is 1. The van der Waals surface area contributed by atoms with Crippen molar-refractivity contribution in [2.24, 2.45) is 5.84 Å². The van der Waals surface area contributed by atoms with Gasteiger partial charge in [0.05, 0.1) is 12.6 Å². The Morgan fingerprint density at radius 3 is 2.95 bits per heavy atom. The van der Waals surface area contributed by atoms with Crippen LogP contribution in [0.25, 0.3) is 0 Å². The highest BCUT2D eigenvalue weighted by molar-refractivity contribution is 5.49. The molecule has 6 nitrogen and oxygen atoms in total. The lowest BCUT2D eigenvalue weighted by Gasteiger charge is -2.27. The Kier molecular flexibility index (Phi) is 3.16. The molecule has 3 rings (SSSR count). The maximum Gasteiger partial charge on any atom is 0.145 e. The topological polar surface area (TPSA) is 85.1 Å². The van der Waals surface area contributed by atoms with Gasteiger partial charge in [-0.05, 0) is 6.07 Å². The lowest BCUT2D eigenvalue weighted by atomic mass is 10.0. The number of benzene rings is 1. The van der Waals surface area contributed by atoms with Gasteiger partial charge < -0.3 is 15.5 Å². The largest absolute Gasteiger partial charge is 0.493 e. The number of nitrogens with zero attached hydrogens (tertiary/aromatic N) is 2. The summed E-state index contributed by atoms with van der Waals surface area (Å²) in [5.74, 6) is 7.59. The van der Waals surface area contributed by atoms with Gasteiger partial charge in [-0.15, -0.1) is 0 Å². The number of anilines is 2. The maximum absolute atomic E-state index is 5.63. The number of fused-ring (bicyclic) bond motifs is 1. The summed E-state index contributed by atoms with van der Waals surface area (Å²) in [7, 11) is 0. The molecule has 2 aromatic rings. The van der Waals surface area contributed by atoms with Crippen molar-refractivity contribution in [3.05, 3.63) is 42.2 Å². The SMILES string of the molecule is NNc1cc(NC2CCOc3ccccc32)ncn1. The average molecular weight is 257 g/mol. The second kappa shape index (κ2) is 5.11. The predicted octanol–water partition coefficient (Wildman–Crippen LogP) is 1.70. The number of hydrogen-bond donors (Lipinski definition) is 3. The number of hydrogen-bond acceptors (Lipinski definition) is 6. The number of ether oxygens (including phenoxy) is 1. The zero-order valence-electron chi connectivity index (χ0n) is 10.3. The Balaban J connectivity index is 1.84. The average Bonchev–Trinajstić information content (AvgIpc) is 2.48. The van der Waals surface area contributed by atoms with E-state index < -0.39 is 0 Å². The minimum Gasteiger partial charge on any atom is -0.493 e. The van der Waals surface area contributed by atoms with Crippen LogP contribution in [-0.2, 0) is 0 Å². The van der Waals surface area contributed by atoms with Crippen molar-refractivity contribution in [1.82, 2.24) is 9.97 Å². The van der Waals surface area contributed by atoms with Crippen LogP contribution >= 0.6 is 0 Å². The van der Waals surface area contributed by atoms with E-state index in [1.54, 1.807) is 6.07 Å². The zero-order chi connectivity index (χ0) is 13.1. The fourth-order valence-corrected chi connectivity index (χ4v) is 2.19. The van der Waals surface area contributed by atoms with E-state index in [2.05, 4.69) is 26.8 Å². The summed E-state index contributed by atoms with van der Waals surface area (Å²) >= 11 is 0. The van der Waals surface area contributed by atoms with Gasteiger partial charge in [0.15, 0.2) is 0 Å². The highest BCUT2D eigenvalue weighted by Crippen LogP contribution is 2.33. The summed E-state index contributed by atoms with van der Waals surface area (Å²) in [4.78, 5) is 8.18. The fraction of sp³-hybridized carbons (Fsp3) is 0.231. The third-order valence-electron chi connectivity index (χ3n) is 3.10. The van der Waals surface area contributed by atoms with Gasteiger partial charge >= 0.3 is 0 Å². The Hall–Kier alpha value is -2.34. The maximum atomic E-state index is 5.63. The Morgan fingerprint density at radius 2 is 2.05 bits per heavy atom. The molecule has 98 valence electrons. The van der Waals surface area contributed by atoms with Gasteiger partial charge in [-0.2, -0.15) is 0 Å². The molecule has 0 radical (unpaired) electrons. The second-order valence-corrected chi connectivity index (χ2v) is 4.30. The van der Waals surface area contributed by atoms with Crippen LogP contribution < -0.4 is 21.3 Å². The molecule has 1 aliphatic heterocycles. The molecule has 1 atom stereocenters. The molecule has 19 heavy (non-hydrogen) atoms. The first-order valence-corrected chi connectivity index (χ1v) is 6.14. The quantitative estimate of drug-likeness (QED) is 0.573. The molecule has 4 N–H and O–H groups in total. The number of hydrazine groups is 1. The first-order chi connectivity index (χ1) is 9.36. The standard InChI is InChI=1S/C13H15N5O/c14-18-13-7-12(15-8-16-13)17-10-5-6-19-11-4-2-1-3-9(10)11/h1-4,7-8,10H,5-6,14H2,(H2,15,16,17,18). The molecule has 1 aliphatic rings. The van der Waals surface area contributed by atoms with Crippen molar-refractivity contribution in [3.8, 4) is 5.75 Å². The Bertz CT molecular complexity index is 574. The number of nitrogens with one attached hydrogen (secondary N) is 2. The van der Waals surface area contributed by atoms with Crippen LogP contribution in [0.15, 0.2) is 36.7 Å². The number of nitrogen functional groups attached to an aromatic ring is 1. The molecule has 1 unspecified atom stereocenters. The first-order valence-electron chi connectivity index (χ1n) is 6.14. The van der Waals surface area contributed by atoms with Gasteiger partial charge in [0.2, 0.25) is 0 Å². The highest BCUT2D eigenvalue weighted by atomic mass is 16.5. The second-order valence-electron chi connectivity index (χ2n) is 4.30. The number of nitrogens with two attached hydrogens (primary N) is 1. The highest BCUT2D eigenvalue weighted by Gasteiger charge is 2.21. The third kappa shape index (κ3) is 2.43. The van der Waals surface area contributed by atoms with E-state index in [1.165, 1.54) is 6.33 Å². The third-order valence-corrected chi connectivity index (χ3v) is 3.10. The van der Waals surface area contributed by atoms with Crippen LogP contribution in [0.3, 0.4) is 0 Å². The molecule has 0 saturated carbocycles. The molecule has 1 aromatic carbocycles. The van der Waals surface area contributed by atoms with Gasteiger partial charge in [-0.25, -0.2) is 15.8 Å². The van der Waals surface area contributed by atoms with Crippen LogP contribution in [0, 0.1) is 0 Å². The molecular formula is C13H15N5O. The minimum atomic E-state index is 0.186. The van der Waals surface area contributed by atoms with Gasteiger partial charge in [0.25, 0.3) is 0 Å². The molecule has 6 heteroatoms. The normalized spacial score (nSPS) is 17.2. The van der Waals surface area contributed by atoms with E-state index in [0.717, 1.165) is 23.6 Å². The lowest BCUT2D eigenvalue weighted by Crippen LogP contribution is -2.21. The molecule has 1 aromatic heterocycles. The Morgan fingerprint density at radius 1 is 1.21 bits per heavy atom. The minimum absolute atomic E-state index is 0.186. The monoisotopic (exact) mass is 257 g/mol. The molecule has 0 saturated heterocycles. The predicted molar refractivity (Wildman–Crippen MR) is 72.8 cm³/mol. The molecular weight excluding hydrogens is 242 g/mol. The van der Waals surface area contributed by atoms with Crippen molar-refractivity contribution in [1.29, 1.82) is 0 Å². The zero-order valence-corrected chi connectivity index (χ0v) is 10.3. The molecule has 0 aliphatic carbocycles. The summed E-state index contributed by atoms with van der Waals surface area (Å²) in [6.45, 7) is 0.696. The van der Waals surface area contributed by atoms with Crippen LogP contribution in [0.2, 0.25) is 0 Å². The summed E-state index contributed by atoms with van der Waals surface area (Å²) in [5.41, 5.74) is 3.66. The van der Waals surface area contributed by atoms with E-state index in [0.29, 0.717) is 12.4 Å². The van der Waals surface area contributed by atoms with E-state index in [1.807, 2.05) is 18.2 Å². The van der Waals surface area contributed by atoms with E-state index in [4.69, 9.17) is 10.6 Å². The summed E-state index contributed by atoms with van der Waals surface area (Å²) in [6.07, 6.45) is 2.37. The molecule has 0 bridgehead atoms. The van der Waals surface area contributed by atoms with E-state index in [-0.39, 0.29) is 6.04 Å². The fourth-order valence-electron chi connectivity index (χ4n) is 2.19. The number of aromatic nitrogens is 2. The first kappa shape index (κ1) is 11.7. The van der Waals surface area contributed by atoms with Crippen molar-refractivity contribution in [3.63, 3.8) is 0 Å². The van der Waals surface area contributed by atoms with Crippen LogP contribution in [-0.4, -0.2) is 16.6 Å². The summed E-state index contributed by atoms with van der Waals surface area (Å²) in [5, 5.41) is 3.39. The van der Waals surface area contributed by atoms with Crippen LogP contribution in [0.4, 0.5) is 11.6 Å². The van der Waals surface area contributed by atoms with Gasteiger partial charge in [-0.1, -0.05) is 18.2 Å². The number of rotatable bonds is 3. The summed E-state index contributed by atoms with van der Waals surface area (Å²) in [6, 6.07) is 9.99. The van der Waals surface area contributed by atoms with E-state index in [9.17, 15) is 0 Å². The van der Waals surface area contributed by atoms with Crippen LogP contribution in [0.1, 0.15) is 18.0 Å². The Labute approximate surface area is 111 Å². The van der Waals surface area contributed by atoms with Crippen LogP contribution in [0.5, 0.6) is 5.75 Å². The molecule has 0 amide bonds. The lowest BCUT2D eigenvalue weighted by molar-refractivity contribution is 0.274.